The fraction of sp³-hybridized carbons (Fsp3) is 0.111. The molecule has 0 bridgehead atoms. The largest absolute Gasteiger partial charge is 0.496 e. The molecule has 0 aliphatic rings. The van der Waals surface area contributed by atoms with E-state index in [1.165, 1.54) is 25.3 Å². The molecule has 0 fully saturated rings. The van der Waals surface area contributed by atoms with Crippen molar-refractivity contribution >= 4 is 12.2 Å². The summed E-state index contributed by atoms with van der Waals surface area (Å²) in [7, 11) is 1.36. The molecular formula is C9H7N3O3. The minimum absolute atomic E-state index is 0.126. The highest BCUT2D eigenvalue weighted by Gasteiger charge is 2.10. The van der Waals surface area contributed by atoms with Crippen molar-refractivity contribution in [3.05, 3.63) is 39.8 Å². The van der Waals surface area contributed by atoms with Gasteiger partial charge >= 0.3 is 0 Å². The third kappa shape index (κ3) is 2.32. The molecule has 0 atom stereocenters. The maximum absolute atomic E-state index is 11.2. The molecule has 1 amide bonds. The van der Waals surface area contributed by atoms with Crippen LogP contribution in [0.2, 0.25) is 0 Å². The van der Waals surface area contributed by atoms with Gasteiger partial charge in [0.2, 0.25) is 0 Å². The van der Waals surface area contributed by atoms with Gasteiger partial charge in [-0.1, -0.05) is 6.07 Å². The molecule has 0 aliphatic carbocycles. The molecule has 0 radical (unpaired) electrons. The number of azide groups is 1. The Balaban J connectivity index is 3.23. The molecule has 0 unspecified atom stereocenters. The molecule has 1 aromatic carbocycles. The quantitative estimate of drug-likeness (QED) is 0.326. The van der Waals surface area contributed by atoms with Crippen LogP contribution in [-0.2, 0) is 0 Å². The van der Waals surface area contributed by atoms with Gasteiger partial charge in [-0.25, -0.2) is 0 Å². The van der Waals surface area contributed by atoms with Crippen LogP contribution >= 0.6 is 0 Å². The zero-order valence-corrected chi connectivity index (χ0v) is 7.88. The minimum atomic E-state index is -0.744. The number of rotatable bonds is 3. The Morgan fingerprint density at radius 2 is 2.33 bits per heavy atom. The van der Waals surface area contributed by atoms with Gasteiger partial charge in [0.25, 0.3) is 5.91 Å². The number of amides is 1. The third-order valence-electron chi connectivity index (χ3n) is 1.73. The van der Waals surface area contributed by atoms with Gasteiger partial charge < -0.3 is 4.74 Å². The topological polar surface area (TPSA) is 92.1 Å². The van der Waals surface area contributed by atoms with Crippen LogP contribution < -0.4 is 4.74 Å². The molecule has 76 valence electrons. The van der Waals surface area contributed by atoms with Crippen molar-refractivity contribution in [2.75, 3.05) is 7.11 Å². The van der Waals surface area contributed by atoms with Crippen LogP contribution in [0.3, 0.4) is 0 Å². The van der Waals surface area contributed by atoms with Crippen molar-refractivity contribution < 1.29 is 14.3 Å². The Morgan fingerprint density at radius 3 is 2.87 bits per heavy atom. The van der Waals surface area contributed by atoms with Crippen LogP contribution in [0.5, 0.6) is 5.75 Å². The monoisotopic (exact) mass is 205 g/mol. The number of carbonyl (C=O) groups is 2. The van der Waals surface area contributed by atoms with E-state index in [2.05, 4.69) is 10.0 Å². The average Bonchev–Trinajstić information content (AvgIpc) is 2.28. The van der Waals surface area contributed by atoms with Gasteiger partial charge in [0, 0.05) is 10.5 Å². The second-order valence-corrected chi connectivity index (χ2v) is 2.57. The highest BCUT2D eigenvalue weighted by molar-refractivity contribution is 5.98. The second-order valence-electron chi connectivity index (χ2n) is 2.57. The van der Waals surface area contributed by atoms with E-state index in [4.69, 9.17) is 10.3 Å². The van der Waals surface area contributed by atoms with Crippen LogP contribution in [0.4, 0.5) is 0 Å². The van der Waals surface area contributed by atoms with Crippen molar-refractivity contribution in [2.45, 2.75) is 0 Å². The Kier molecular flexibility index (Phi) is 3.43. The first-order valence-corrected chi connectivity index (χ1v) is 3.95. The average molecular weight is 205 g/mol. The Labute approximate surface area is 85.1 Å². The molecule has 0 aliphatic heterocycles. The van der Waals surface area contributed by atoms with Gasteiger partial charge in [0.05, 0.1) is 12.7 Å². The SMILES string of the molecule is COc1cc(C=O)ccc1C(=O)N=[N+]=[N-]. The van der Waals surface area contributed by atoms with Gasteiger partial charge in [-0.3, -0.25) is 9.59 Å². The molecule has 0 saturated heterocycles. The highest BCUT2D eigenvalue weighted by atomic mass is 16.5. The molecule has 0 saturated carbocycles. The van der Waals surface area contributed by atoms with Crippen LogP contribution in [0.25, 0.3) is 10.4 Å². The van der Waals surface area contributed by atoms with Crippen LogP contribution in [0.15, 0.2) is 23.3 Å². The van der Waals surface area contributed by atoms with Crippen molar-refractivity contribution in [1.29, 1.82) is 0 Å². The molecule has 6 nitrogen and oxygen atoms in total. The number of methoxy groups -OCH3 is 1. The summed E-state index contributed by atoms with van der Waals surface area (Å²) >= 11 is 0. The van der Waals surface area contributed by atoms with Gasteiger partial charge in [-0.05, 0) is 22.8 Å². The highest BCUT2D eigenvalue weighted by Crippen LogP contribution is 2.20. The van der Waals surface area contributed by atoms with E-state index >= 15 is 0 Å². The smallest absolute Gasteiger partial charge is 0.252 e. The zero-order chi connectivity index (χ0) is 11.3. The summed E-state index contributed by atoms with van der Waals surface area (Å²) < 4.78 is 4.89. The first-order valence-electron chi connectivity index (χ1n) is 3.95. The van der Waals surface area contributed by atoms with Gasteiger partial charge in [0.1, 0.15) is 12.0 Å². The molecule has 0 aromatic heterocycles. The van der Waals surface area contributed by atoms with E-state index in [1.54, 1.807) is 0 Å². The maximum atomic E-state index is 11.2. The Hall–Kier alpha value is -2.33. The molecule has 0 spiro atoms. The minimum Gasteiger partial charge on any atom is -0.496 e. The van der Waals surface area contributed by atoms with Crippen LogP contribution in [-0.4, -0.2) is 19.3 Å². The molecule has 0 N–H and O–H groups in total. The molecular weight excluding hydrogens is 198 g/mol. The standard InChI is InChI=1S/C9H7N3O3/c1-15-8-4-6(5-13)2-3-7(8)9(14)11-12-10/h2-5H,1H3. The number of benzene rings is 1. The van der Waals surface area contributed by atoms with Gasteiger partial charge in [-0.2, -0.15) is 0 Å². The number of aldehydes is 1. The van der Waals surface area contributed by atoms with Gasteiger partial charge in [-0.15, -0.1) is 0 Å². The maximum Gasteiger partial charge on any atom is 0.252 e. The van der Waals surface area contributed by atoms with E-state index < -0.39 is 5.91 Å². The lowest BCUT2D eigenvalue weighted by atomic mass is 10.1. The first kappa shape index (κ1) is 10.7. The number of ether oxygens (including phenoxy) is 1. The summed E-state index contributed by atoms with van der Waals surface area (Å²) in [5, 5.41) is 2.93. The van der Waals surface area contributed by atoms with Crippen molar-refractivity contribution in [3.63, 3.8) is 0 Å². The first-order chi connectivity index (χ1) is 7.22. The number of nitrogens with zero attached hydrogens (tertiary/aromatic N) is 3. The van der Waals surface area contributed by atoms with Gasteiger partial charge in [0.15, 0.2) is 0 Å². The fourth-order valence-corrected chi connectivity index (χ4v) is 1.05. The molecule has 6 heteroatoms. The molecule has 0 heterocycles. The van der Waals surface area contributed by atoms with E-state index in [1.807, 2.05) is 0 Å². The summed E-state index contributed by atoms with van der Waals surface area (Å²) in [5.41, 5.74) is 8.61. The Morgan fingerprint density at radius 1 is 1.60 bits per heavy atom. The predicted molar refractivity (Wildman–Crippen MR) is 51.9 cm³/mol. The summed E-state index contributed by atoms with van der Waals surface area (Å²) in [6, 6.07) is 4.21. The summed E-state index contributed by atoms with van der Waals surface area (Å²) in [6.45, 7) is 0. The third-order valence-corrected chi connectivity index (χ3v) is 1.73. The Bertz CT molecular complexity index is 450. The lowest BCUT2D eigenvalue weighted by Crippen LogP contribution is -1.99. The van der Waals surface area contributed by atoms with E-state index in [0.29, 0.717) is 11.8 Å². The normalized spacial score (nSPS) is 8.87. The second kappa shape index (κ2) is 4.78. The zero-order valence-electron chi connectivity index (χ0n) is 7.88. The van der Waals surface area contributed by atoms with E-state index in [-0.39, 0.29) is 11.3 Å². The fourth-order valence-electron chi connectivity index (χ4n) is 1.05. The summed E-state index contributed by atoms with van der Waals surface area (Å²) in [6.07, 6.45) is 0.629. The number of hydrogen-bond donors (Lipinski definition) is 0. The lowest BCUT2D eigenvalue weighted by Gasteiger charge is -2.04. The predicted octanol–water partition coefficient (Wildman–Crippen LogP) is 1.96. The van der Waals surface area contributed by atoms with E-state index in [0.717, 1.165) is 0 Å². The number of hydrogen-bond acceptors (Lipinski definition) is 3. The summed E-state index contributed by atoms with van der Waals surface area (Å²) in [4.78, 5) is 24.1. The molecule has 1 aromatic rings. The number of carbonyl (C=O) groups excluding carboxylic acids is 2. The van der Waals surface area contributed by atoms with Crippen LogP contribution in [0, 0.1) is 0 Å². The van der Waals surface area contributed by atoms with Crippen molar-refractivity contribution in [3.8, 4) is 5.75 Å². The van der Waals surface area contributed by atoms with E-state index in [9.17, 15) is 9.59 Å². The van der Waals surface area contributed by atoms with Crippen LogP contribution in [0.1, 0.15) is 20.7 Å². The molecule has 1 rings (SSSR count). The van der Waals surface area contributed by atoms with Crippen molar-refractivity contribution in [1.82, 2.24) is 0 Å². The lowest BCUT2D eigenvalue weighted by molar-refractivity contribution is 0.0996. The summed E-state index contributed by atoms with van der Waals surface area (Å²) in [5.74, 6) is -0.538. The van der Waals surface area contributed by atoms with Crippen molar-refractivity contribution in [2.24, 2.45) is 5.11 Å². The molecule has 15 heavy (non-hydrogen) atoms.